The molecule has 1 heterocycles. The zero-order valence-corrected chi connectivity index (χ0v) is 10.6. The molecule has 1 unspecified atom stereocenters. The summed E-state index contributed by atoms with van der Waals surface area (Å²) in [7, 11) is 0. The Bertz CT molecular complexity index is 527. The van der Waals surface area contributed by atoms with E-state index in [0.717, 1.165) is 23.1 Å². The number of aromatic amines is 1. The molecule has 1 atom stereocenters. The Morgan fingerprint density at radius 2 is 2.17 bits per heavy atom. The Morgan fingerprint density at radius 1 is 1.44 bits per heavy atom. The van der Waals surface area contributed by atoms with Gasteiger partial charge < -0.3 is 5.11 Å². The molecule has 2 aromatic rings. The van der Waals surface area contributed by atoms with Gasteiger partial charge in [0.1, 0.15) is 11.1 Å². The quantitative estimate of drug-likeness (QED) is 0.806. The number of carboxylic acid groups (broad SMARTS) is 1. The second-order valence-corrected chi connectivity index (χ2v) is 5.13. The van der Waals surface area contributed by atoms with Crippen LogP contribution in [-0.4, -0.2) is 31.5 Å². The van der Waals surface area contributed by atoms with Crippen molar-refractivity contribution in [2.75, 3.05) is 0 Å². The van der Waals surface area contributed by atoms with Crippen LogP contribution in [-0.2, 0) is 11.2 Å². The molecule has 18 heavy (non-hydrogen) atoms. The van der Waals surface area contributed by atoms with E-state index in [9.17, 15) is 4.79 Å². The number of hydrogen-bond donors (Lipinski definition) is 2. The number of nitrogens with zero attached hydrogens (tertiary/aromatic N) is 2. The van der Waals surface area contributed by atoms with E-state index in [4.69, 9.17) is 5.11 Å². The molecule has 0 fully saturated rings. The molecule has 0 saturated carbocycles. The van der Waals surface area contributed by atoms with Crippen molar-refractivity contribution in [3.8, 4) is 0 Å². The van der Waals surface area contributed by atoms with Crippen LogP contribution in [0.5, 0.6) is 0 Å². The Hall–Kier alpha value is -1.82. The Labute approximate surface area is 109 Å². The fourth-order valence-electron chi connectivity index (χ4n) is 1.41. The molecule has 0 saturated heterocycles. The van der Waals surface area contributed by atoms with Gasteiger partial charge >= 0.3 is 5.97 Å². The normalized spacial score (nSPS) is 12.3. The van der Waals surface area contributed by atoms with Crippen LogP contribution in [0.1, 0.15) is 18.3 Å². The second-order valence-electron chi connectivity index (χ2n) is 3.83. The lowest BCUT2D eigenvalue weighted by Crippen LogP contribution is -2.11. The van der Waals surface area contributed by atoms with Crippen molar-refractivity contribution < 1.29 is 9.90 Å². The van der Waals surface area contributed by atoms with E-state index in [-0.39, 0.29) is 0 Å². The maximum Gasteiger partial charge on any atom is 0.316 e. The first-order valence-corrected chi connectivity index (χ1v) is 6.38. The number of hydrogen-bond acceptors (Lipinski definition) is 4. The molecule has 2 rings (SSSR count). The van der Waals surface area contributed by atoms with Crippen LogP contribution < -0.4 is 0 Å². The summed E-state index contributed by atoms with van der Waals surface area (Å²) in [6.07, 6.45) is 0.663. The molecule has 6 heteroatoms. The predicted octanol–water partition coefficient (Wildman–Crippen LogP) is 1.96. The maximum atomic E-state index is 10.7. The number of nitrogens with one attached hydrogen (secondary N) is 1. The van der Waals surface area contributed by atoms with Crippen LogP contribution >= 0.6 is 11.8 Å². The SMILES string of the molecule is CC(Sc1n[nH]c(Cc2ccccc2)n1)C(=O)O. The van der Waals surface area contributed by atoms with Gasteiger partial charge in [0.25, 0.3) is 0 Å². The first-order chi connectivity index (χ1) is 8.65. The lowest BCUT2D eigenvalue weighted by Gasteiger charge is -2.00. The Kier molecular flexibility index (Phi) is 3.99. The molecule has 0 bridgehead atoms. The van der Waals surface area contributed by atoms with Gasteiger partial charge in [-0.3, -0.25) is 9.89 Å². The minimum absolute atomic E-state index is 0.468. The molecule has 2 N–H and O–H groups in total. The maximum absolute atomic E-state index is 10.7. The average molecular weight is 263 g/mol. The van der Waals surface area contributed by atoms with E-state index in [1.54, 1.807) is 6.92 Å². The summed E-state index contributed by atoms with van der Waals surface area (Å²) in [6.45, 7) is 1.61. The van der Waals surface area contributed by atoms with Crippen LogP contribution in [0.4, 0.5) is 0 Å². The third-order valence-electron chi connectivity index (χ3n) is 2.36. The van der Waals surface area contributed by atoms with Gasteiger partial charge in [-0.25, -0.2) is 4.98 Å². The molecular weight excluding hydrogens is 250 g/mol. The highest BCUT2D eigenvalue weighted by Gasteiger charge is 2.15. The minimum atomic E-state index is -0.866. The highest BCUT2D eigenvalue weighted by Crippen LogP contribution is 2.19. The number of aliphatic carboxylic acids is 1. The monoisotopic (exact) mass is 263 g/mol. The molecule has 5 nitrogen and oxygen atoms in total. The number of carboxylic acids is 1. The van der Waals surface area contributed by atoms with Gasteiger partial charge in [-0.1, -0.05) is 42.1 Å². The van der Waals surface area contributed by atoms with Gasteiger partial charge in [-0.2, -0.15) is 0 Å². The van der Waals surface area contributed by atoms with Crippen LogP contribution in [0.3, 0.4) is 0 Å². The third-order valence-corrected chi connectivity index (χ3v) is 3.30. The van der Waals surface area contributed by atoms with E-state index in [1.807, 2.05) is 30.3 Å². The third kappa shape index (κ3) is 3.33. The van der Waals surface area contributed by atoms with E-state index in [1.165, 1.54) is 0 Å². The molecule has 1 aromatic carbocycles. The summed E-state index contributed by atoms with van der Waals surface area (Å²) in [6, 6.07) is 9.91. The van der Waals surface area contributed by atoms with Gasteiger partial charge in [-0.15, -0.1) is 5.10 Å². The molecule has 94 valence electrons. The fraction of sp³-hybridized carbons (Fsp3) is 0.250. The molecule has 1 aromatic heterocycles. The standard InChI is InChI=1S/C12H13N3O2S/c1-8(11(16)17)18-12-13-10(14-15-12)7-9-5-3-2-4-6-9/h2-6,8H,7H2,1H3,(H,16,17)(H,13,14,15). The first kappa shape index (κ1) is 12.6. The van der Waals surface area contributed by atoms with Crippen molar-refractivity contribution in [2.45, 2.75) is 23.8 Å². The Balaban J connectivity index is 2.00. The van der Waals surface area contributed by atoms with Gasteiger partial charge in [0.05, 0.1) is 0 Å². The van der Waals surface area contributed by atoms with E-state index >= 15 is 0 Å². The van der Waals surface area contributed by atoms with Crippen molar-refractivity contribution in [2.24, 2.45) is 0 Å². The van der Waals surface area contributed by atoms with Crippen LogP contribution in [0, 0.1) is 0 Å². The van der Waals surface area contributed by atoms with Gasteiger partial charge in [0.15, 0.2) is 0 Å². The molecule has 0 radical (unpaired) electrons. The van der Waals surface area contributed by atoms with Crippen molar-refractivity contribution in [3.63, 3.8) is 0 Å². The van der Waals surface area contributed by atoms with E-state index in [0.29, 0.717) is 11.6 Å². The van der Waals surface area contributed by atoms with Crippen molar-refractivity contribution in [3.05, 3.63) is 41.7 Å². The van der Waals surface area contributed by atoms with Crippen molar-refractivity contribution in [1.82, 2.24) is 15.2 Å². The van der Waals surface area contributed by atoms with E-state index in [2.05, 4.69) is 15.2 Å². The average Bonchev–Trinajstić information content (AvgIpc) is 2.77. The molecule has 0 amide bonds. The molecule has 0 aliphatic carbocycles. The summed E-state index contributed by atoms with van der Waals surface area (Å²) in [5.41, 5.74) is 1.14. The Morgan fingerprint density at radius 3 is 2.83 bits per heavy atom. The fourth-order valence-corrected chi connectivity index (χ4v) is 2.09. The molecule has 0 spiro atoms. The lowest BCUT2D eigenvalue weighted by molar-refractivity contribution is -0.136. The smallest absolute Gasteiger partial charge is 0.316 e. The van der Waals surface area contributed by atoms with Gasteiger partial charge in [0, 0.05) is 6.42 Å². The number of carbonyl (C=O) groups is 1. The zero-order chi connectivity index (χ0) is 13.0. The number of aromatic nitrogens is 3. The lowest BCUT2D eigenvalue weighted by atomic mass is 10.1. The highest BCUT2D eigenvalue weighted by molar-refractivity contribution is 8.00. The number of H-pyrrole nitrogens is 1. The molecule has 0 aliphatic heterocycles. The van der Waals surface area contributed by atoms with E-state index < -0.39 is 11.2 Å². The topological polar surface area (TPSA) is 78.9 Å². The van der Waals surface area contributed by atoms with Crippen LogP contribution in [0.15, 0.2) is 35.5 Å². The van der Waals surface area contributed by atoms with Crippen LogP contribution in [0.2, 0.25) is 0 Å². The second kappa shape index (κ2) is 5.68. The number of benzene rings is 1. The first-order valence-electron chi connectivity index (χ1n) is 5.50. The van der Waals surface area contributed by atoms with Gasteiger partial charge in [0.2, 0.25) is 5.16 Å². The predicted molar refractivity (Wildman–Crippen MR) is 68.6 cm³/mol. The largest absolute Gasteiger partial charge is 0.480 e. The molecular formula is C12H13N3O2S. The van der Waals surface area contributed by atoms with Crippen LogP contribution in [0.25, 0.3) is 0 Å². The summed E-state index contributed by atoms with van der Waals surface area (Å²) in [5.74, 6) is -0.129. The van der Waals surface area contributed by atoms with Crippen molar-refractivity contribution >= 4 is 17.7 Å². The molecule has 0 aliphatic rings. The zero-order valence-electron chi connectivity index (χ0n) is 9.83. The number of thioether (sulfide) groups is 1. The summed E-state index contributed by atoms with van der Waals surface area (Å²) >= 11 is 1.13. The summed E-state index contributed by atoms with van der Waals surface area (Å²) < 4.78 is 0. The van der Waals surface area contributed by atoms with Gasteiger partial charge in [-0.05, 0) is 12.5 Å². The summed E-state index contributed by atoms with van der Waals surface area (Å²) in [4.78, 5) is 15.0. The van der Waals surface area contributed by atoms with Crippen molar-refractivity contribution in [1.29, 1.82) is 0 Å². The summed E-state index contributed by atoms with van der Waals surface area (Å²) in [5, 5.41) is 15.5. The minimum Gasteiger partial charge on any atom is -0.480 e. The highest BCUT2D eigenvalue weighted by atomic mass is 32.2. The number of rotatable bonds is 5.